The zero-order valence-corrected chi connectivity index (χ0v) is 19.2. The average Bonchev–Trinajstić information content (AvgIpc) is 3.34. The van der Waals surface area contributed by atoms with Crippen molar-refractivity contribution in [3.05, 3.63) is 101 Å². The lowest BCUT2D eigenvalue weighted by Crippen LogP contribution is -1.99. The third kappa shape index (κ3) is 2.58. The van der Waals surface area contributed by atoms with Crippen LogP contribution in [0.3, 0.4) is 0 Å². The van der Waals surface area contributed by atoms with Crippen molar-refractivity contribution in [3.8, 4) is 24.3 Å². The quantitative estimate of drug-likeness (QED) is 0.174. The Morgan fingerprint density at radius 1 is 0.459 bits per heavy atom. The second-order valence-electron chi connectivity index (χ2n) is 9.04. The summed E-state index contributed by atoms with van der Waals surface area (Å²) in [4.78, 5) is 0. The molecule has 2 heterocycles. The maximum atomic E-state index is 10.0. The number of aromatic nitrogens is 1. The zero-order chi connectivity index (χ0) is 25.3. The lowest BCUT2D eigenvalue weighted by molar-refractivity contribution is 1.30. The first-order valence-electron chi connectivity index (χ1n) is 11.6. The minimum atomic E-state index is -0.0610. The van der Waals surface area contributed by atoms with Crippen LogP contribution in [0.25, 0.3) is 59.5 Å². The molecule has 0 aliphatic heterocycles. The average molecular weight is 467 g/mol. The van der Waals surface area contributed by atoms with Crippen LogP contribution in [0.2, 0.25) is 0 Å². The van der Waals surface area contributed by atoms with Crippen LogP contribution in [0.4, 0.5) is 0 Å². The Labute approximate surface area is 210 Å². The van der Waals surface area contributed by atoms with Crippen LogP contribution >= 0.6 is 0 Å². The summed E-state index contributed by atoms with van der Waals surface area (Å²) >= 11 is 0. The molecule has 7 aromatic rings. The molecule has 0 spiro atoms. The minimum Gasteiger partial charge on any atom is -0.315 e. The van der Waals surface area contributed by atoms with Crippen LogP contribution in [-0.4, -0.2) is 4.40 Å². The molecule has 0 saturated heterocycles. The maximum absolute atomic E-state index is 10.0. The van der Waals surface area contributed by atoms with Gasteiger partial charge >= 0.3 is 0 Å². The molecule has 5 heteroatoms. The lowest BCUT2D eigenvalue weighted by Gasteiger charge is -2.14. The molecule has 0 aliphatic carbocycles. The molecular formula is C32H13N5. The molecule has 5 nitrogen and oxygen atoms in total. The summed E-state index contributed by atoms with van der Waals surface area (Å²) < 4.78 is 2.13. The molecule has 0 bridgehead atoms. The first kappa shape index (κ1) is 20.5. The third-order valence-electron chi connectivity index (χ3n) is 7.29. The Balaban J connectivity index is 1.85. The third-order valence-corrected chi connectivity index (χ3v) is 7.29. The van der Waals surface area contributed by atoms with Gasteiger partial charge in [-0.2, -0.15) is 21.0 Å². The number of nitriles is 4. The van der Waals surface area contributed by atoms with Crippen molar-refractivity contribution in [2.75, 3.05) is 0 Å². The van der Waals surface area contributed by atoms with Crippen molar-refractivity contribution in [1.82, 2.24) is 4.40 Å². The van der Waals surface area contributed by atoms with Gasteiger partial charge in [0, 0.05) is 38.5 Å². The van der Waals surface area contributed by atoms with E-state index >= 15 is 0 Å². The van der Waals surface area contributed by atoms with Gasteiger partial charge < -0.3 is 4.40 Å². The predicted octanol–water partition coefficient (Wildman–Crippen LogP) is 7.19. The molecule has 37 heavy (non-hydrogen) atoms. The van der Waals surface area contributed by atoms with E-state index in [-0.39, 0.29) is 22.3 Å². The fourth-order valence-electron chi connectivity index (χ4n) is 5.67. The fraction of sp³-hybridized carbons (Fsp3) is 0. The number of rotatable bonds is 0. The van der Waals surface area contributed by atoms with Gasteiger partial charge in [0.15, 0.2) is 0 Å². The molecule has 0 aliphatic rings. The molecule has 0 atom stereocenters. The van der Waals surface area contributed by atoms with Crippen molar-refractivity contribution in [1.29, 1.82) is 21.0 Å². The van der Waals surface area contributed by atoms with Gasteiger partial charge in [-0.05, 0) is 40.4 Å². The van der Waals surface area contributed by atoms with E-state index in [4.69, 9.17) is 0 Å². The monoisotopic (exact) mass is 467 g/mol. The van der Waals surface area contributed by atoms with E-state index in [0.29, 0.717) is 10.8 Å². The summed E-state index contributed by atoms with van der Waals surface area (Å²) in [7, 11) is 0. The SMILES string of the molecule is N#Cc1c(C#N)c(C#N)c2cc3c(cc2c1C#N)c1cc2ccccc2cc1c1c2ccccc2cn31. The smallest absolute Gasteiger partial charge is 0.102 e. The Morgan fingerprint density at radius 2 is 1.00 bits per heavy atom. The van der Waals surface area contributed by atoms with Crippen molar-refractivity contribution in [3.63, 3.8) is 0 Å². The topological polar surface area (TPSA) is 99.6 Å². The highest BCUT2D eigenvalue weighted by Gasteiger charge is 2.22. The first-order chi connectivity index (χ1) is 18.2. The van der Waals surface area contributed by atoms with Gasteiger partial charge in [0.05, 0.1) is 33.3 Å². The Morgan fingerprint density at radius 3 is 1.62 bits per heavy atom. The number of fused-ring (bicyclic) bond motifs is 10. The fourth-order valence-corrected chi connectivity index (χ4v) is 5.67. The largest absolute Gasteiger partial charge is 0.315 e. The van der Waals surface area contributed by atoms with E-state index in [2.05, 4.69) is 59.1 Å². The van der Waals surface area contributed by atoms with Crippen LogP contribution in [0, 0.1) is 45.3 Å². The Bertz CT molecular complexity index is 2350. The molecule has 0 saturated carbocycles. The minimum absolute atomic E-state index is 0.0593. The summed E-state index contributed by atoms with van der Waals surface area (Å²) in [5, 5.41) is 48.0. The highest BCUT2D eigenvalue weighted by atomic mass is 14.9. The van der Waals surface area contributed by atoms with Gasteiger partial charge in [0.1, 0.15) is 24.3 Å². The summed E-state index contributed by atoms with van der Waals surface area (Å²) in [5.41, 5.74) is 2.01. The van der Waals surface area contributed by atoms with Crippen LogP contribution < -0.4 is 0 Å². The standard InChI is InChI=1S/C32H13N5/c33-13-27-23-11-25-22-9-18-5-1-2-6-19(18)10-26(22)32-21-8-4-3-7-20(21)17-37(32)31(25)12-24(23)28(14-34)30(16-36)29(27)15-35/h1-12,17H. The molecule has 2 aromatic heterocycles. The number of nitrogens with zero attached hydrogens (tertiary/aromatic N) is 5. The predicted molar refractivity (Wildman–Crippen MR) is 144 cm³/mol. The van der Waals surface area contributed by atoms with Gasteiger partial charge in [-0.1, -0.05) is 48.5 Å². The van der Waals surface area contributed by atoms with E-state index in [1.54, 1.807) is 0 Å². The molecule has 0 radical (unpaired) electrons. The molecule has 0 amide bonds. The van der Waals surface area contributed by atoms with Gasteiger partial charge in [0.25, 0.3) is 0 Å². The van der Waals surface area contributed by atoms with Crippen LogP contribution in [0.15, 0.2) is 79.0 Å². The molecule has 5 aromatic carbocycles. The number of benzene rings is 5. The lowest BCUT2D eigenvalue weighted by atomic mass is 9.89. The van der Waals surface area contributed by atoms with E-state index in [1.165, 1.54) is 0 Å². The van der Waals surface area contributed by atoms with Gasteiger partial charge in [-0.25, -0.2) is 0 Å². The van der Waals surface area contributed by atoms with E-state index in [9.17, 15) is 21.0 Å². The normalized spacial score (nSPS) is 11.1. The number of hydrogen-bond donors (Lipinski definition) is 0. The maximum Gasteiger partial charge on any atom is 0.102 e. The van der Waals surface area contributed by atoms with Crippen molar-refractivity contribution in [2.24, 2.45) is 0 Å². The van der Waals surface area contributed by atoms with Crippen LogP contribution in [0.1, 0.15) is 22.3 Å². The molecular weight excluding hydrogens is 454 g/mol. The second kappa shape index (κ2) is 7.31. The molecule has 0 unspecified atom stereocenters. The summed E-state index contributed by atoms with van der Waals surface area (Å²) in [6, 6.07) is 32.8. The van der Waals surface area contributed by atoms with Crippen molar-refractivity contribution < 1.29 is 0 Å². The molecule has 0 fully saturated rings. The van der Waals surface area contributed by atoms with E-state index in [1.807, 2.05) is 48.5 Å². The van der Waals surface area contributed by atoms with Crippen molar-refractivity contribution >= 4 is 59.5 Å². The highest BCUT2D eigenvalue weighted by molar-refractivity contribution is 6.24. The summed E-state index contributed by atoms with van der Waals surface area (Å²) in [5.74, 6) is 0. The van der Waals surface area contributed by atoms with Gasteiger partial charge in [-0.15, -0.1) is 0 Å². The van der Waals surface area contributed by atoms with E-state index < -0.39 is 0 Å². The Hall–Kier alpha value is -5.88. The van der Waals surface area contributed by atoms with Crippen LogP contribution in [-0.2, 0) is 0 Å². The molecule has 0 N–H and O–H groups in total. The molecule has 7 rings (SSSR count). The van der Waals surface area contributed by atoms with Gasteiger partial charge in [-0.3, -0.25) is 0 Å². The number of pyridine rings is 1. The highest BCUT2D eigenvalue weighted by Crippen LogP contribution is 2.40. The van der Waals surface area contributed by atoms with E-state index in [0.717, 1.165) is 48.7 Å². The summed E-state index contributed by atoms with van der Waals surface area (Å²) in [6.45, 7) is 0. The number of hydrogen-bond acceptors (Lipinski definition) is 4. The Kier molecular flexibility index (Phi) is 4.05. The zero-order valence-electron chi connectivity index (χ0n) is 19.2. The summed E-state index contributed by atoms with van der Waals surface area (Å²) in [6.07, 6.45) is 2.08. The van der Waals surface area contributed by atoms with Crippen LogP contribution in [0.5, 0.6) is 0 Å². The van der Waals surface area contributed by atoms with Gasteiger partial charge in [0.2, 0.25) is 0 Å². The molecule has 166 valence electrons. The second-order valence-corrected chi connectivity index (χ2v) is 9.04. The van der Waals surface area contributed by atoms with Crippen molar-refractivity contribution in [2.45, 2.75) is 0 Å². The first-order valence-corrected chi connectivity index (χ1v) is 11.6.